The minimum Gasteiger partial charge on any atom is -0.218 e. The molecule has 0 saturated carbocycles. The van der Waals surface area contributed by atoms with Crippen molar-refractivity contribution < 1.29 is 8.42 Å². The van der Waals surface area contributed by atoms with E-state index in [1.54, 1.807) is 24.3 Å². The Balaban J connectivity index is 2.74. The van der Waals surface area contributed by atoms with Crippen LogP contribution in [-0.4, -0.2) is 8.42 Å². The third-order valence-electron chi connectivity index (χ3n) is 4.42. The molecular formula is C22H28O2S. The van der Waals surface area contributed by atoms with Crippen molar-refractivity contribution in [1.82, 2.24) is 0 Å². The molecule has 0 aliphatic heterocycles. The van der Waals surface area contributed by atoms with Gasteiger partial charge in [0, 0.05) is 0 Å². The van der Waals surface area contributed by atoms with Gasteiger partial charge in [0.1, 0.15) is 0 Å². The minimum atomic E-state index is -3.61. The maximum absolute atomic E-state index is 13.4. The van der Waals surface area contributed by atoms with Gasteiger partial charge in [-0.25, -0.2) is 8.42 Å². The van der Waals surface area contributed by atoms with E-state index in [-0.39, 0.29) is 10.8 Å². The van der Waals surface area contributed by atoms with Crippen LogP contribution in [0.3, 0.4) is 0 Å². The highest BCUT2D eigenvalue weighted by atomic mass is 32.2. The fourth-order valence-electron chi connectivity index (χ4n) is 3.12. The summed E-state index contributed by atoms with van der Waals surface area (Å²) in [5.74, 6) is 0. The first-order chi connectivity index (χ1) is 11.3. The number of hydrogen-bond acceptors (Lipinski definition) is 2. The van der Waals surface area contributed by atoms with Gasteiger partial charge in [0.25, 0.3) is 0 Å². The van der Waals surface area contributed by atoms with Crippen molar-refractivity contribution in [2.45, 2.75) is 76.0 Å². The van der Waals surface area contributed by atoms with Crippen molar-refractivity contribution in [3.8, 4) is 0 Å². The number of sulfone groups is 1. The van der Waals surface area contributed by atoms with E-state index < -0.39 is 9.84 Å². The van der Waals surface area contributed by atoms with Crippen LogP contribution in [0.15, 0.2) is 34.1 Å². The van der Waals surface area contributed by atoms with Crippen LogP contribution < -0.4 is 0 Å². The summed E-state index contributed by atoms with van der Waals surface area (Å²) in [5, 5.41) is 0. The zero-order valence-corrected chi connectivity index (χ0v) is 17.4. The fourth-order valence-corrected chi connectivity index (χ4v) is 4.86. The molecule has 25 heavy (non-hydrogen) atoms. The molecule has 2 rings (SSSR count). The lowest BCUT2D eigenvalue weighted by atomic mass is 9.83. The van der Waals surface area contributed by atoms with E-state index in [4.69, 9.17) is 0 Å². The van der Waals surface area contributed by atoms with Crippen LogP contribution in [0, 0.1) is 26.0 Å². The molecule has 2 aromatic carbocycles. The van der Waals surface area contributed by atoms with Crippen molar-refractivity contribution in [2.24, 2.45) is 0 Å². The number of benzene rings is 2. The molecule has 2 radical (unpaired) electrons. The quantitative estimate of drug-likeness (QED) is 0.728. The molecule has 134 valence electrons. The topological polar surface area (TPSA) is 34.1 Å². The van der Waals surface area contributed by atoms with Crippen molar-refractivity contribution in [3.05, 3.63) is 58.7 Å². The zero-order chi connectivity index (χ0) is 19.2. The number of aryl methyl sites for hydroxylation is 1. The average Bonchev–Trinajstić information content (AvgIpc) is 2.44. The third-order valence-corrected chi connectivity index (χ3v) is 6.46. The first kappa shape index (κ1) is 19.7. The van der Waals surface area contributed by atoms with Gasteiger partial charge in [-0.2, -0.15) is 0 Å². The van der Waals surface area contributed by atoms with Crippen LogP contribution in [0.2, 0.25) is 0 Å². The van der Waals surface area contributed by atoms with Crippen molar-refractivity contribution >= 4 is 9.84 Å². The second-order valence-electron chi connectivity index (χ2n) is 8.74. The maximum atomic E-state index is 13.4. The highest BCUT2D eigenvalue weighted by Gasteiger charge is 2.28. The van der Waals surface area contributed by atoms with Crippen LogP contribution in [0.1, 0.15) is 63.8 Å². The molecule has 0 saturated heterocycles. The summed E-state index contributed by atoms with van der Waals surface area (Å²) in [4.78, 5) is 0.732. The second-order valence-corrected chi connectivity index (χ2v) is 10.6. The monoisotopic (exact) mass is 356 g/mol. The highest BCUT2D eigenvalue weighted by molar-refractivity contribution is 7.91. The highest BCUT2D eigenvalue weighted by Crippen LogP contribution is 2.35. The molecule has 0 atom stereocenters. The molecule has 0 aliphatic carbocycles. The van der Waals surface area contributed by atoms with Crippen LogP contribution in [0.5, 0.6) is 0 Å². The van der Waals surface area contributed by atoms with Gasteiger partial charge in [0.15, 0.2) is 0 Å². The van der Waals surface area contributed by atoms with Gasteiger partial charge in [0.05, 0.1) is 9.79 Å². The summed E-state index contributed by atoms with van der Waals surface area (Å²) in [6.07, 6.45) is 0. The van der Waals surface area contributed by atoms with E-state index in [2.05, 4.69) is 53.7 Å². The Labute approximate surface area is 153 Å². The van der Waals surface area contributed by atoms with Crippen molar-refractivity contribution in [1.29, 1.82) is 0 Å². The molecule has 2 nitrogen and oxygen atoms in total. The molecule has 0 unspecified atom stereocenters. The smallest absolute Gasteiger partial charge is 0.207 e. The van der Waals surface area contributed by atoms with Gasteiger partial charge >= 0.3 is 0 Å². The Hall–Kier alpha value is -1.61. The van der Waals surface area contributed by atoms with E-state index in [0.29, 0.717) is 9.79 Å². The first-order valence-corrected chi connectivity index (χ1v) is 10.0. The zero-order valence-electron chi connectivity index (χ0n) is 16.5. The molecule has 3 heteroatoms. The van der Waals surface area contributed by atoms with E-state index in [0.717, 1.165) is 22.3 Å². The van der Waals surface area contributed by atoms with Crippen LogP contribution in [-0.2, 0) is 20.7 Å². The molecule has 0 heterocycles. The lowest BCUT2D eigenvalue weighted by Gasteiger charge is -2.24. The minimum absolute atomic E-state index is 0.156. The summed E-state index contributed by atoms with van der Waals surface area (Å²) >= 11 is 0. The Morgan fingerprint density at radius 1 is 0.920 bits per heavy atom. The van der Waals surface area contributed by atoms with Gasteiger partial charge in [-0.3, -0.25) is 0 Å². The lowest BCUT2D eigenvalue weighted by Crippen LogP contribution is -2.17. The molecule has 2 aromatic rings. The molecule has 0 spiro atoms. The first-order valence-electron chi connectivity index (χ1n) is 8.56. The largest absolute Gasteiger partial charge is 0.218 e. The SMILES string of the molecule is Cc1c[c]c(C(C)(C)C)c(C)c1S(=O)(=O)c1cc[c]c(C(C)(C)C)c1. The van der Waals surface area contributed by atoms with Crippen LogP contribution in [0.4, 0.5) is 0 Å². The van der Waals surface area contributed by atoms with E-state index in [9.17, 15) is 8.42 Å². The summed E-state index contributed by atoms with van der Waals surface area (Å²) in [5.41, 5.74) is 3.03. The summed E-state index contributed by atoms with van der Waals surface area (Å²) < 4.78 is 26.8. The maximum Gasteiger partial charge on any atom is 0.207 e. The Morgan fingerprint density at radius 2 is 1.52 bits per heavy atom. The molecule has 0 fully saturated rings. The lowest BCUT2D eigenvalue weighted by molar-refractivity contribution is 0.575. The number of hydrogen-bond donors (Lipinski definition) is 0. The normalized spacial score (nSPS) is 13.1. The summed E-state index contributed by atoms with van der Waals surface area (Å²) in [6, 6.07) is 13.3. The van der Waals surface area contributed by atoms with Gasteiger partial charge < -0.3 is 0 Å². The average molecular weight is 357 g/mol. The van der Waals surface area contributed by atoms with E-state index >= 15 is 0 Å². The summed E-state index contributed by atoms with van der Waals surface area (Å²) in [7, 11) is -3.61. The van der Waals surface area contributed by atoms with Crippen LogP contribution >= 0.6 is 0 Å². The van der Waals surface area contributed by atoms with E-state index in [1.165, 1.54) is 0 Å². The molecule has 0 aliphatic rings. The molecule has 0 N–H and O–H groups in total. The Bertz CT molecular complexity index is 893. The fraction of sp³-hybridized carbons (Fsp3) is 0.455. The Morgan fingerprint density at radius 3 is 2.04 bits per heavy atom. The van der Waals surface area contributed by atoms with Gasteiger partial charge in [0.2, 0.25) is 9.84 Å². The van der Waals surface area contributed by atoms with Crippen molar-refractivity contribution in [3.63, 3.8) is 0 Å². The van der Waals surface area contributed by atoms with E-state index in [1.807, 2.05) is 13.8 Å². The third kappa shape index (κ3) is 3.82. The number of rotatable bonds is 2. The second kappa shape index (κ2) is 6.28. The van der Waals surface area contributed by atoms with Crippen LogP contribution in [0.25, 0.3) is 0 Å². The Kier molecular flexibility index (Phi) is 4.95. The standard InChI is InChI=1S/C22H28O2S/c1-15-12-13-19(22(6,7)8)16(2)20(15)25(23,24)18-11-9-10-17(14-18)21(3,4)5/h9,11-12,14H,1-8H3. The van der Waals surface area contributed by atoms with Gasteiger partial charge in [-0.1, -0.05) is 47.6 Å². The van der Waals surface area contributed by atoms with Gasteiger partial charge in [-0.15, -0.1) is 0 Å². The predicted octanol–water partition coefficient (Wildman–Crippen LogP) is 5.33. The molecular weight excluding hydrogens is 328 g/mol. The molecule has 0 aromatic heterocycles. The predicted molar refractivity (Wildman–Crippen MR) is 103 cm³/mol. The van der Waals surface area contributed by atoms with Crippen molar-refractivity contribution in [2.75, 3.05) is 0 Å². The summed E-state index contributed by atoms with van der Waals surface area (Å²) in [6.45, 7) is 16.1. The molecule has 0 bridgehead atoms. The van der Waals surface area contributed by atoms with Gasteiger partial charge in [-0.05, 0) is 77.3 Å². The molecule has 0 amide bonds.